The van der Waals surface area contributed by atoms with E-state index in [0.717, 1.165) is 60.8 Å². The average molecular weight is 393 g/mol. The molecule has 1 aromatic carbocycles. The molecule has 1 atom stereocenters. The highest BCUT2D eigenvalue weighted by molar-refractivity contribution is 5.93. The Hall–Kier alpha value is -2.73. The van der Waals surface area contributed by atoms with Crippen LogP contribution in [0.5, 0.6) is 0 Å². The van der Waals surface area contributed by atoms with E-state index in [2.05, 4.69) is 28.6 Å². The molecule has 0 saturated carbocycles. The highest BCUT2D eigenvalue weighted by atomic mass is 16.5. The molecule has 0 radical (unpaired) electrons. The summed E-state index contributed by atoms with van der Waals surface area (Å²) in [4.78, 5) is 23.0. The number of hydrogen-bond acceptors (Lipinski definition) is 4. The number of anilines is 1. The van der Waals surface area contributed by atoms with Gasteiger partial charge in [-0.25, -0.2) is 4.98 Å². The largest absolute Gasteiger partial charge is 0.381 e. The van der Waals surface area contributed by atoms with Crippen LogP contribution in [-0.2, 0) is 16.1 Å². The summed E-state index contributed by atoms with van der Waals surface area (Å²) < 4.78 is 7.89. The molecule has 2 aromatic heterocycles. The first kappa shape index (κ1) is 19.6. The first-order valence-corrected chi connectivity index (χ1v) is 10.3. The summed E-state index contributed by atoms with van der Waals surface area (Å²) >= 11 is 0. The fourth-order valence-corrected chi connectivity index (χ4v) is 4.00. The van der Waals surface area contributed by atoms with Crippen LogP contribution >= 0.6 is 0 Å². The third-order valence-electron chi connectivity index (χ3n) is 5.92. The fraction of sp³-hybridized carbons (Fsp3) is 0.435. The van der Waals surface area contributed by atoms with Gasteiger partial charge in [0.2, 0.25) is 5.91 Å². The quantitative estimate of drug-likeness (QED) is 0.659. The molecule has 1 unspecified atom stereocenters. The van der Waals surface area contributed by atoms with Crippen LogP contribution in [-0.4, -0.2) is 40.7 Å². The van der Waals surface area contributed by atoms with Gasteiger partial charge in [-0.1, -0.05) is 6.07 Å². The van der Waals surface area contributed by atoms with Crippen molar-refractivity contribution in [1.29, 1.82) is 0 Å². The lowest BCUT2D eigenvalue weighted by atomic mass is 9.99. The topological polar surface area (TPSA) is 60.2 Å². The lowest BCUT2D eigenvalue weighted by molar-refractivity contribution is -0.116. The molecule has 0 N–H and O–H groups in total. The van der Waals surface area contributed by atoms with E-state index in [0.29, 0.717) is 5.92 Å². The molecule has 3 heterocycles. The van der Waals surface area contributed by atoms with Crippen molar-refractivity contribution in [3.8, 4) is 0 Å². The number of ether oxygens (including phenoxy) is 1. The molecule has 0 bridgehead atoms. The Labute approximate surface area is 171 Å². The van der Waals surface area contributed by atoms with Gasteiger partial charge in [-0.3, -0.25) is 9.78 Å². The van der Waals surface area contributed by atoms with Gasteiger partial charge in [0.1, 0.15) is 5.82 Å². The van der Waals surface area contributed by atoms with Crippen LogP contribution in [0, 0.1) is 5.92 Å². The normalized spacial score (nSPS) is 16.1. The first-order chi connectivity index (χ1) is 14.0. The molecule has 152 valence electrons. The Morgan fingerprint density at radius 1 is 1.28 bits per heavy atom. The molecular weight excluding hydrogens is 364 g/mol. The summed E-state index contributed by atoms with van der Waals surface area (Å²) in [6, 6.07) is 12.1. The first-order valence-electron chi connectivity index (χ1n) is 10.3. The van der Waals surface area contributed by atoms with Crippen LogP contribution in [0.25, 0.3) is 11.0 Å². The average Bonchev–Trinajstić information content (AvgIpc) is 3.11. The van der Waals surface area contributed by atoms with Crippen molar-refractivity contribution in [2.75, 3.05) is 25.2 Å². The van der Waals surface area contributed by atoms with Gasteiger partial charge in [0.15, 0.2) is 0 Å². The zero-order valence-electron chi connectivity index (χ0n) is 17.3. The van der Waals surface area contributed by atoms with E-state index < -0.39 is 0 Å². The highest BCUT2D eigenvalue weighted by Gasteiger charge is 2.23. The Morgan fingerprint density at radius 3 is 2.76 bits per heavy atom. The minimum Gasteiger partial charge on any atom is -0.381 e. The number of imidazole rings is 1. The lowest BCUT2D eigenvalue weighted by Gasteiger charge is -2.24. The van der Waals surface area contributed by atoms with Crippen LogP contribution < -0.4 is 4.90 Å². The summed E-state index contributed by atoms with van der Waals surface area (Å²) in [6.07, 6.45) is 3.97. The standard InChI is InChI=1S/C23H28N4O2/c1-16(20-6-4-5-11-24-20)23-25-21-14-19(26(3)17(2)28)7-8-22(21)27(23)15-18-9-12-29-13-10-18/h4-8,11,14,16,18H,9-10,12-13,15H2,1-3H3. The van der Waals surface area contributed by atoms with E-state index in [9.17, 15) is 4.79 Å². The van der Waals surface area contributed by atoms with Gasteiger partial charge in [-0.05, 0) is 56.0 Å². The van der Waals surface area contributed by atoms with E-state index in [1.807, 2.05) is 30.5 Å². The van der Waals surface area contributed by atoms with Crippen LogP contribution in [0.2, 0.25) is 0 Å². The van der Waals surface area contributed by atoms with Crippen LogP contribution in [0.4, 0.5) is 5.69 Å². The molecule has 3 aromatic rings. The maximum Gasteiger partial charge on any atom is 0.223 e. The summed E-state index contributed by atoms with van der Waals surface area (Å²) in [5.74, 6) is 1.69. The monoisotopic (exact) mass is 392 g/mol. The van der Waals surface area contributed by atoms with Gasteiger partial charge >= 0.3 is 0 Å². The third kappa shape index (κ3) is 4.03. The van der Waals surface area contributed by atoms with Crippen LogP contribution in [0.1, 0.15) is 44.1 Å². The number of pyridine rings is 1. The van der Waals surface area contributed by atoms with Crippen molar-refractivity contribution in [2.24, 2.45) is 5.92 Å². The summed E-state index contributed by atoms with van der Waals surface area (Å²) in [5.41, 5.74) is 3.89. The predicted octanol–water partition coefficient (Wildman–Crippen LogP) is 3.99. The van der Waals surface area contributed by atoms with Crippen molar-refractivity contribution >= 4 is 22.6 Å². The number of rotatable bonds is 5. The minimum atomic E-state index is 0.00747. The van der Waals surface area contributed by atoms with Gasteiger partial charge in [-0.15, -0.1) is 0 Å². The number of hydrogen-bond donors (Lipinski definition) is 0. The highest BCUT2D eigenvalue weighted by Crippen LogP contribution is 2.30. The number of amides is 1. The second kappa shape index (κ2) is 8.33. The number of benzene rings is 1. The van der Waals surface area contributed by atoms with Gasteiger partial charge in [0.25, 0.3) is 0 Å². The Kier molecular flexibility index (Phi) is 5.62. The molecule has 0 aliphatic carbocycles. The molecule has 1 saturated heterocycles. The second-order valence-corrected chi connectivity index (χ2v) is 7.86. The molecule has 1 amide bonds. The summed E-state index contributed by atoms with van der Waals surface area (Å²) in [5, 5.41) is 0. The number of aromatic nitrogens is 3. The fourth-order valence-electron chi connectivity index (χ4n) is 4.00. The maximum atomic E-state index is 11.8. The SMILES string of the molecule is CC(=O)N(C)c1ccc2c(c1)nc(C(C)c1ccccn1)n2CC1CCOCC1. The van der Waals surface area contributed by atoms with E-state index in [4.69, 9.17) is 9.72 Å². The zero-order chi connectivity index (χ0) is 20.4. The smallest absolute Gasteiger partial charge is 0.223 e. The predicted molar refractivity (Wildman–Crippen MR) is 114 cm³/mol. The number of nitrogens with zero attached hydrogens (tertiary/aromatic N) is 4. The summed E-state index contributed by atoms with van der Waals surface area (Å²) in [7, 11) is 1.79. The molecule has 6 heteroatoms. The van der Waals surface area contributed by atoms with E-state index in [1.165, 1.54) is 0 Å². The zero-order valence-corrected chi connectivity index (χ0v) is 17.3. The molecule has 29 heavy (non-hydrogen) atoms. The lowest BCUT2D eigenvalue weighted by Crippen LogP contribution is -2.23. The Morgan fingerprint density at radius 2 is 2.07 bits per heavy atom. The van der Waals surface area contributed by atoms with Crippen molar-refractivity contribution in [1.82, 2.24) is 14.5 Å². The van der Waals surface area contributed by atoms with Gasteiger partial charge in [0.05, 0.1) is 22.6 Å². The van der Waals surface area contributed by atoms with Crippen molar-refractivity contribution in [3.05, 3.63) is 54.1 Å². The van der Waals surface area contributed by atoms with E-state index in [1.54, 1.807) is 18.9 Å². The van der Waals surface area contributed by atoms with Gasteiger partial charge in [-0.2, -0.15) is 0 Å². The van der Waals surface area contributed by atoms with E-state index in [-0.39, 0.29) is 11.8 Å². The molecule has 6 nitrogen and oxygen atoms in total. The number of fused-ring (bicyclic) bond motifs is 1. The molecule has 4 rings (SSSR count). The van der Waals surface area contributed by atoms with E-state index >= 15 is 0 Å². The molecular formula is C23H28N4O2. The second-order valence-electron chi connectivity index (χ2n) is 7.86. The molecule has 0 spiro atoms. The van der Waals surface area contributed by atoms with Crippen molar-refractivity contribution in [2.45, 2.75) is 39.2 Å². The Balaban J connectivity index is 1.78. The minimum absolute atomic E-state index is 0.00747. The third-order valence-corrected chi connectivity index (χ3v) is 5.92. The molecule has 1 aliphatic rings. The van der Waals surface area contributed by atoms with Crippen molar-refractivity contribution < 1.29 is 9.53 Å². The molecule has 1 aliphatic heterocycles. The molecule has 1 fully saturated rings. The van der Waals surface area contributed by atoms with Gasteiger partial charge < -0.3 is 14.2 Å². The van der Waals surface area contributed by atoms with Gasteiger partial charge in [0, 0.05) is 45.6 Å². The summed E-state index contributed by atoms with van der Waals surface area (Å²) in [6.45, 7) is 6.31. The number of carbonyl (C=O) groups is 1. The van der Waals surface area contributed by atoms with Crippen LogP contribution in [0.3, 0.4) is 0 Å². The van der Waals surface area contributed by atoms with Crippen molar-refractivity contribution in [3.63, 3.8) is 0 Å². The van der Waals surface area contributed by atoms with Crippen LogP contribution in [0.15, 0.2) is 42.6 Å². The Bertz CT molecular complexity index is 993. The number of carbonyl (C=O) groups excluding carboxylic acids is 1. The maximum absolute atomic E-state index is 11.8.